The van der Waals surface area contributed by atoms with Crippen LogP contribution in [0.5, 0.6) is 0 Å². The lowest BCUT2D eigenvalue weighted by molar-refractivity contribution is 0.282. The SMILES string of the molecule is CSCCN(C)S(=O)(=O)c1ccsc1CO. The predicted molar refractivity (Wildman–Crippen MR) is 68.4 cm³/mol. The first kappa shape index (κ1) is 14.0. The summed E-state index contributed by atoms with van der Waals surface area (Å²) in [4.78, 5) is 0.722. The molecule has 1 aromatic rings. The summed E-state index contributed by atoms with van der Waals surface area (Å²) in [6.45, 7) is 0.243. The fraction of sp³-hybridized carbons (Fsp3) is 0.556. The summed E-state index contributed by atoms with van der Waals surface area (Å²) in [7, 11) is -1.88. The number of nitrogens with zero attached hydrogens (tertiary/aromatic N) is 1. The van der Waals surface area contributed by atoms with Crippen molar-refractivity contribution >= 4 is 33.1 Å². The molecule has 7 heteroatoms. The van der Waals surface area contributed by atoms with Crippen LogP contribution >= 0.6 is 23.1 Å². The summed E-state index contributed by atoms with van der Waals surface area (Å²) in [6.07, 6.45) is 1.93. The van der Waals surface area contributed by atoms with Gasteiger partial charge in [0.25, 0.3) is 0 Å². The van der Waals surface area contributed by atoms with Crippen LogP contribution in [-0.4, -0.2) is 43.4 Å². The zero-order valence-electron chi connectivity index (χ0n) is 9.21. The maximum Gasteiger partial charge on any atom is 0.244 e. The van der Waals surface area contributed by atoms with Crippen LogP contribution in [0, 0.1) is 0 Å². The molecule has 0 saturated carbocycles. The highest BCUT2D eigenvalue weighted by Gasteiger charge is 2.23. The highest BCUT2D eigenvalue weighted by Crippen LogP contribution is 2.24. The van der Waals surface area contributed by atoms with Gasteiger partial charge in [-0.05, 0) is 17.7 Å². The Bertz CT molecular complexity index is 427. The Morgan fingerprint density at radius 1 is 1.56 bits per heavy atom. The predicted octanol–water partition coefficient (Wildman–Crippen LogP) is 1.22. The molecule has 0 aliphatic heterocycles. The molecule has 16 heavy (non-hydrogen) atoms. The van der Waals surface area contributed by atoms with E-state index in [1.165, 1.54) is 15.6 Å². The Morgan fingerprint density at radius 3 is 2.81 bits per heavy atom. The molecule has 1 rings (SSSR count). The summed E-state index contributed by atoms with van der Waals surface area (Å²) in [5.41, 5.74) is 0. The molecule has 0 fully saturated rings. The molecular formula is C9H15NO3S3. The average Bonchev–Trinajstić information content (AvgIpc) is 2.74. The van der Waals surface area contributed by atoms with E-state index in [1.54, 1.807) is 30.3 Å². The van der Waals surface area contributed by atoms with Gasteiger partial charge in [0.15, 0.2) is 0 Å². The molecule has 92 valence electrons. The first-order valence-electron chi connectivity index (χ1n) is 4.66. The molecule has 4 nitrogen and oxygen atoms in total. The molecule has 0 spiro atoms. The van der Waals surface area contributed by atoms with Crippen LogP contribution in [0.4, 0.5) is 0 Å². The monoisotopic (exact) mass is 281 g/mol. The van der Waals surface area contributed by atoms with Crippen molar-refractivity contribution in [1.82, 2.24) is 4.31 Å². The molecule has 0 aliphatic rings. The van der Waals surface area contributed by atoms with Crippen molar-refractivity contribution in [2.24, 2.45) is 0 Å². The second-order valence-corrected chi connectivity index (χ2v) is 7.19. The molecule has 0 amide bonds. The van der Waals surface area contributed by atoms with E-state index in [9.17, 15) is 8.42 Å². The number of aliphatic hydroxyl groups is 1. The molecule has 0 radical (unpaired) electrons. The van der Waals surface area contributed by atoms with Crippen molar-refractivity contribution in [3.05, 3.63) is 16.3 Å². The molecule has 1 aromatic heterocycles. The fourth-order valence-electron chi connectivity index (χ4n) is 1.18. The van der Waals surface area contributed by atoms with Gasteiger partial charge in [0.2, 0.25) is 10.0 Å². The molecule has 1 heterocycles. The second-order valence-electron chi connectivity index (χ2n) is 3.19. The highest BCUT2D eigenvalue weighted by atomic mass is 32.2. The Labute approximate surface area is 104 Å². The van der Waals surface area contributed by atoms with E-state index in [0.29, 0.717) is 11.4 Å². The van der Waals surface area contributed by atoms with Gasteiger partial charge in [-0.3, -0.25) is 0 Å². The van der Waals surface area contributed by atoms with E-state index >= 15 is 0 Å². The Morgan fingerprint density at radius 2 is 2.25 bits per heavy atom. The van der Waals surface area contributed by atoms with Crippen LogP contribution in [-0.2, 0) is 16.6 Å². The maximum absolute atomic E-state index is 12.1. The molecule has 0 unspecified atom stereocenters. The van der Waals surface area contributed by atoms with Crippen molar-refractivity contribution in [3.8, 4) is 0 Å². The lowest BCUT2D eigenvalue weighted by Gasteiger charge is -2.16. The summed E-state index contributed by atoms with van der Waals surface area (Å²) >= 11 is 2.86. The normalized spacial score (nSPS) is 12.2. The molecule has 1 N–H and O–H groups in total. The third kappa shape index (κ3) is 2.98. The lowest BCUT2D eigenvalue weighted by Crippen LogP contribution is -2.29. The number of hydrogen-bond acceptors (Lipinski definition) is 5. The van der Waals surface area contributed by atoms with Gasteiger partial charge in [-0.2, -0.15) is 11.8 Å². The van der Waals surface area contributed by atoms with E-state index in [2.05, 4.69) is 0 Å². The highest BCUT2D eigenvalue weighted by molar-refractivity contribution is 7.98. The van der Waals surface area contributed by atoms with Gasteiger partial charge in [0.1, 0.15) is 0 Å². The number of thiophene rings is 1. The van der Waals surface area contributed by atoms with Crippen molar-refractivity contribution in [3.63, 3.8) is 0 Å². The fourth-order valence-corrected chi connectivity index (χ4v) is 4.19. The molecular weight excluding hydrogens is 266 g/mol. The number of hydrogen-bond donors (Lipinski definition) is 1. The van der Waals surface area contributed by atoms with Crippen molar-refractivity contribution in [2.75, 3.05) is 25.6 Å². The van der Waals surface area contributed by atoms with Crippen LogP contribution in [0.25, 0.3) is 0 Å². The number of aliphatic hydroxyl groups excluding tert-OH is 1. The Kier molecular flexibility index (Phi) is 5.26. The van der Waals surface area contributed by atoms with Gasteiger partial charge in [-0.25, -0.2) is 12.7 Å². The van der Waals surface area contributed by atoms with Gasteiger partial charge < -0.3 is 5.11 Å². The third-order valence-electron chi connectivity index (χ3n) is 2.15. The van der Waals surface area contributed by atoms with Crippen LogP contribution in [0.15, 0.2) is 16.3 Å². The minimum absolute atomic E-state index is 0.226. The number of rotatable bonds is 6. The van der Waals surface area contributed by atoms with Crippen LogP contribution < -0.4 is 0 Å². The molecule has 0 aliphatic carbocycles. The van der Waals surface area contributed by atoms with Crippen LogP contribution in [0.1, 0.15) is 4.88 Å². The van der Waals surface area contributed by atoms with Crippen LogP contribution in [0.3, 0.4) is 0 Å². The van der Waals surface area contributed by atoms with E-state index < -0.39 is 10.0 Å². The Balaban J connectivity index is 2.93. The van der Waals surface area contributed by atoms with Gasteiger partial charge in [0.05, 0.1) is 11.5 Å². The number of sulfonamides is 1. The van der Waals surface area contributed by atoms with Crippen molar-refractivity contribution < 1.29 is 13.5 Å². The smallest absolute Gasteiger partial charge is 0.244 e. The summed E-state index contributed by atoms with van der Waals surface area (Å²) < 4.78 is 25.5. The van der Waals surface area contributed by atoms with E-state index in [4.69, 9.17) is 5.11 Å². The molecule has 0 saturated heterocycles. The van der Waals surface area contributed by atoms with E-state index in [1.807, 2.05) is 6.26 Å². The first-order valence-corrected chi connectivity index (χ1v) is 8.38. The van der Waals surface area contributed by atoms with Gasteiger partial charge in [-0.15, -0.1) is 11.3 Å². The van der Waals surface area contributed by atoms with Gasteiger partial charge in [-0.1, -0.05) is 0 Å². The van der Waals surface area contributed by atoms with Crippen molar-refractivity contribution in [1.29, 1.82) is 0 Å². The lowest BCUT2D eigenvalue weighted by atomic mass is 10.5. The number of thioether (sulfide) groups is 1. The summed E-state index contributed by atoms with van der Waals surface area (Å²) in [5, 5.41) is 10.7. The second kappa shape index (κ2) is 6.02. The topological polar surface area (TPSA) is 57.6 Å². The summed E-state index contributed by atoms with van der Waals surface area (Å²) in [5.74, 6) is 0.758. The molecule has 0 aromatic carbocycles. The van der Waals surface area contributed by atoms with Crippen molar-refractivity contribution in [2.45, 2.75) is 11.5 Å². The standard InChI is InChI=1S/C9H15NO3S3/c1-10(4-6-14-2)16(12,13)9-3-5-15-8(9)7-11/h3,5,11H,4,6-7H2,1-2H3. The first-order chi connectivity index (χ1) is 7.54. The van der Waals surface area contributed by atoms with Gasteiger partial charge in [0, 0.05) is 24.2 Å². The van der Waals surface area contributed by atoms with Crippen LogP contribution in [0.2, 0.25) is 0 Å². The zero-order valence-corrected chi connectivity index (χ0v) is 11.7. The summed E-state index contributed by atoms with van der Waals surface area (Å²) in [6, 6.07) is 1.54. The largest absolute Gasteiger partial charge is 0.391 e. The minimum Gasteiger partial charge on any atom is -0.391 e. The molecule has 0 bridgehead atoms. The average molecular weight is 281 g/mol. The molecule has 0 atom stereocenters. The van der Waals surface area contributed by atoms with Gasteiger partial charge >= 0.3 is 0 Å². The zero-order chi connectivity index (χ0) is 12.2. The van der Waals surface area contributed by atoms with E-state index in [0.717, 1.165) is 5.75 Å². The van der Waals surface area contributed by atoms with E-state index in [-0.39, 0.29) is 11.5 Å². The maximum atomic E-state index is 12.1. The third-order valence-corrected chi connectivity index (χ3v) is 5.71. The quantitative estimate of drug-likeness (QED) is 0.852. The Hall–Kier alpha value is -0.0800. The minimum atomic E-state index is -3.44.